The first-order chi connectivity index (χ1) is 14.1. The van der Waals surface area contributed by atoms with E-state index in [2.05, 4.69) is 25.1 Å². The smallest absolute Gasteiger partial charge is 0.208 e. The van der Waals surface area contributed by atoms with Crippen molar-refractivity contribution in [3.8, 4) is 0 Å². The summed E-state index contributed by atoms with van der Waals surface area (Å²) in [6.45, 7) is 10.5. The van der Waals surface area contributed by atoms with Crippen LogP contribution < -0.4 is 5.32 Å². The number of hydrogen-bond acceptors (Lipinski definition) is 4. The standard InChI is InChI=1S/C23H39N5O/c1-18-19(2)29-21(26-18)16-27-12-7-20(8-13-27)15-25-22(24-3)28-14-11-23(17-28)9-5-4-6-10-23/h20H,4-17H2,1-3H3,(H,24,25). The molecule has 0 aromatic carbocycles. The summed E-state index contributed by atoms with van der Waals surface area (Å²) in [6.07, 6.45) is 10.9. The molecular weight excluding hydrogens is 362 g/mol. The maximum Gasteiger partial charge on any atom is 0.208 e. The van der Waals surface area contributed by atoms with Gasteiger partial charge in [-0.15, -0.1) is 0 Å². The van der Waals surface area contributed by atoms with Crippen LogP contribution in [0.25, 0.3) is 0 Å². The molecule has 6 heteroatoms. The Bertz CT molecular complexity index is 679. The molecule has 0 radical (unpaired) electrons. The van der Waals surface area contributed by atoms with Crippen molar-refractivity contribution in [2.24, 2.45) is 16.3 Å². The van der Waals surface area contributed by atoms with Gasteiger partial charge in [0.1, 0.15) is 5.76 Å². The van der Waals surface area contributed by atoms with E-state index in [1.54, 1.807) is 0 Å². The first-order valence-corrected chi connectivity index (χ1v) is 11.7. The summed E-state index contributed by atoms with van der Waals surface area (Å²) in [4.78, 5) is 14.1. The Balaban J connectivity index is 1.20. The number of rotatable bonds is 4. The lowest BCUT2D eigenvalue weighted by Crippen LogP contribution is -2.45. The van der Waals surface area contributed by atoms with E-state index >= 15 is 0 Å². The fraction of sp³-hybridized carbons (Fsp3) is 0.826. The van der Waals surface area contributed by atoms with Crippen LogP contribution in [0.5, 0.6) is 0 Å². The van der Waals surface area contributed by atoms with Crippen LogP contribution >= 0.6 is 0 Å². The van der Waals surface area contributed by atoms with Gasteiger partial charge < -0.3 is 14.6 Å². The molecule has 6 nitrogen and oxygen atoms in total. The predicted molar refractivity (Wildman–Crippen MR) is 117 cm³/mol. The SMILES string of the molecule is CN=C(NCC1CCN(Cc2nc(C)c(C)o2)CC1)N1CCC2(CCCCC2)C1. The first kappa shape index (κ1) is 20.7. The number of guanidine groups is 1. The molecule has 0 bridgehead atoms. The number of aryl methyl sites for hydroxylation is 2. The number of aromatic nitrogens is 1. The van der Waals surface area contributed by atoms with Gasteiger partial charge in [-0.1, -0.05) is 19.3 Å². The maximum absolute atomic E-state index is 5.76. The van der Waals surface area contributed by atoms with Crippen LogP contribution in [0, 0.1) is 25.2 Å². The van der Waals surface area contributed by atoms with Gasteiger partial charge in [0.2, 0.25) is 5.89 Å². The lowest BCUT2D eigenvalue weighted by Gasteiger charge is -2.34. The lowest BCUT2D eigenvalue weighted by molar-refractivity contribution is 0.163. The molecule has 3 fully saturated rings. The largest absolute Gasteiger partial charge is 0.444 e. The fourth-order valence-electron chi connectivity index (χ4n) is 5.54. The minimum atomic E-state index is 0.581. The summed E-state index contributed by atoms with van der Waals surface area (Å²) >= 11 is 0. The Morgan fingerprint density at radius 3 is 2.55 bits per heavy atom. The van der Waals surface area contributed by atoms with Gasteiger partial charge in [0.15, 0.2) is 5.96 Å². The molecule has 0 amide bonds. The van der Waals surface area contributed by atoms with E-state index < -0.39 is 0 Å². The number of nitrogens with one attached hydrogen (secondary N) is 1. The average Bonchev–Trinajstić information content (AvgIpc) is 3.27. The maximum atomic E-state index is 5.76. The molecule has 1 spiro atoms. The van der Waals surface area contributed by atoms with Crippen molar-refractivity contribution in [1.82, 2.24) is 20.1 Å². The van der Waals surface area contributed by atoms with E-state index in [-0.39, 0.29) is 0 Å². The molecular formula is C23H39N5O. The Morgan fingerprint density at radius 2 is 1.90 bits per heavy atom. The molecule has 1 aromatic rings. The molecule has 1 N–H and O–H groups in total. The third kappa shape index (κ3) is 4.96. The van der Waals surface area contributed by atoms with Crippen molar-refractivity contribution in [1.29, 1.82) is 0 Å². The van der Waals surface area contributed by atoms with Crippen LogP contribution in [-0.2, 0) is 6.54 Å². The topological polar surface area (TPSA) is 56.9 Å². The predicted octanol–water partition coefficient (Wildman–Crippen LogP) is 3.74. The summed E-state index contributed by atoms with van der Waals surface area (Å²) < 4.78 is 5.76. The summed E-state index contributed by atoms with van der Waals surface area (Å²) in [5, 5.41) is 3.70. The molecule has 0 atom stereocenters. The molecule has 2 saturated heterocycles. The van der Waals surface area contributed by atoms with Gasteiger partial charge in [0.05, 0.1) is 12.2 Å². The van der Waals surface area contributed by atoms with Crippen molar-refractivity contribution in [3.63, 3.8) is 0 Å². The van der Waals surface area contributed by atoms with Gasteiger partial charge in [-0.05, 0) is 70.4 Å². The Kier molecular flexibility index (Phi) is 6.47. The van der Waals surface area contributed by atoms with Gasteiger partial charge >= 0.3 is 0 Å². The second-order valence-corrected chi connectivity index (χ2v) is 9.63. The monoisotopic (exact) mass is 401 g/mol. The van der Waals surface area contributed by atoms with E-state index in [1.807, 2.05) is 20.9 Å². The molecule has 3 aliphatic rings. The van der Waals surface area contributed by atoms with Crippen LogP contribution in [0.4, 0.5) is 0 Å². The second kappa shape index (κ2) is 9.07. The fourth-order valence-corrected chi connectivity index (χ4v) is 5.54. The number of piperidine rings is 1. The number of aliphatic imine (C=N–C) groups is 1. The number of likely N-dealkylation sites (tertiary alicyclic amines) is 2. The number of oxazole rings is 1. The number of hydrogen-bond donors (Lipinski definition) is 1. The summed E-state index contributed by atoms with van der Waals surface area (Å²) in [5.41, 5.74) is 1.60. The van der Waals surface area contributed by atoms with Crippen molar-refractivity contribution in [3.05, 3.63) is 17.3 Å². The highest BCUT2D eigenvalue weighted by Crippen LogP contribution is 2.43. The molecule has 1 saturated carbocycles. The third-order valence-electron chi connectivity index (χ3n) is 7.55. The van der Waals surface area contributed by atoms with Gasteiger partial charge in [-0.2, -0.15) is 0 Å². The van der Waals surface area contributed by atoms with E-state index in [4.69, 9.17) is 4.42 Å². The van der Waals surface area contributed by atoms with Crippen LogP contribution in [0.2, 0.25) is 0 Å². The van der Waals surface area contributed by atoms with Crippen LogP contribution in [0.1, 0.15) is 68.7 Å². The zero-order chi connectivity index (χ0) is 20.3. The first-order valence-electron chi connectivity index (χ1n) is 11.7. The molecule has 1 aromatic heterocycles. The zero-order valence-electron chi connectivity index (χ0n) is 18.7. The highest BCUT2D eigenvalue weighted by molar-refractivity contribution is 5.80. The molecule has 4 rings (SSSR count). The van der Waals surface area contributed by atoms with E-state index in [0.717, 1.165) is 55.4 Å². The summed E-state index contributed by atoms with van der Waals surface area (Å²) in [5.74, 6) is 3.66. The van der Waals surface area contributed by atoms with Crippen molar-refractivity contribution < 1.29 is 4.42 Å². The summed E-state index contributed by atoms with van der Waals surface area (Å²) in [6, 6.07) is 0. The molecule has 0 unspecified atom stereocenters. The molecule has 29 heavy (non-hydrogen) atoms. The number of nitrogens with zero attached hydrogens (tertiary/aromatic N) is 4. The lowest BCUT2D eigenvalue weighted by atomic mass is 9.73. The highest BCUT2D eigenvalue weighted by Gasteiger charge is 2.39. The molecule has 2 aliphatic heterocycles. The van der Waals surface area contributed by atoms with Crippen LogP contribution in [-0.4, -0.2) is 60.5 Å². The normalized spacial score (nSPS) is 23.8. The Morgan fingerprint density at radius 1 is 1.14 bits per heavy atom. The van der Waals surface area contributed by atoms with Gasteiger partial charge in [-0.3, -0.25) is 9.89 Å². The second-order valence-electron chi connectivity index (χ2n) is 9.63. The van der Waals surface area contributed by atoms with E-state index in [0.29, 0.717) is 5.41 Å². The Hall–Kier alpha value is -1.56. The molecule has 3 heterocycles. The van der Waals surface area contributed by atoms with Crippen molar-refractivity contribution in [2.45, 2.75) is 71.8 Å². The highest BCUT2D eigenvalue weighted by atomic mass is 16.4. The summed E-state index contributed by atoms with van der Waals surface area (Å²) in [7, 11) is 1.94. The minimum Gasteiger partial charge on any atom is -0.444 e. The Labute approximate surface area is 176 Å². The van der Waals surface area contributed by atoms with Crippen molar-refractivity contribution in [2.75, 3.05) is 39.8 Å². The third-order valence-corrected chi connectivity index (χ3v) is 7.55. The molecule has 1 aliphatic carbocycles. The van der Waals surface area contributed by atoms with Gasteiger partial charge in [0, 0.05) is 26.7 Å². The van der Waals surface area contributed by atoms with Crippen molar-refractivity contribution >= 4 is 5.96 Å². The van der Waals surface area contributed by atoms with Crippen LogP contribution in [0.15, 0.2) is 9.41 Å². The quantitative estimate of drug-likeness (QED) is 0.615. The molecule has 162 valence electrons. The van der Waals surface area contributed by atoms with Gasteiger partial charge in [0.25, 0.3) is 0 Å². The minimum absolute atomic E-state index is 0.581. The van der Waals surface area contributed by atoms with E-state index in [1.165, 1.54) is 64.5 Å². The van der Waals surface area contributed by atoms with E-state index in [9.17, 15) is 0 Å². The van der Waals surface area contributed by atoms with Gasteiger partial charge in [-0.25, -0.2) is 4.98 Å². The average molecular weight is 402 g/mol. The zero-order valence-corrected chi connectivity index (χ0v) is 18.7. The van der Waals surface area contributed by atoms with Crippen LogP contribution in [0.3, 0.4) is 0 Å².